The summed E-state index contributed by atoms with van der Waals surface area (Å²) in [5.41, 5.74) is 5.18. The van der Waals surface area contributed by atoms with Crippen molar-refractivity contribution in [3.63, 3.8) is 0 Å². The maximum Gasteiger partial charge on any atom is 0.275 e. The number of anilines is 1. The van der Waals surface area contributed by atoms with Crippen LogP contribution in [-0.4, -0.2) is 12.3 Å². The molecule has 0 radical (unpaired) electrons. The van der Waals surface area contributed by atoms with E-state index in [0.717, 1.165) is 0 Å². The third-order valence-electron chi connectivity index (χ3n) is 0.824. The molecular weight excluding hydrogens is 144 g/mol. The van der Waals surface area contributed by atoms with Crippen LogP contribution >= 0.6 is 11.6 Å². The van der Waals surface area contributed by atoms with Crippen LogP contribution in [0.5, 0.6) is 5.88 Å². The lowest BCUT2D eigenvalue weighted by molar-refractivity contribution is 0.344. The third-order valence-corrected chi connectivity index (χ3v) is 1.17. The first-order chi connectivity index (χ1) is 4.25. The Balaban J connectivity index is 3.04. The summed E-state index contributed by atoms with van der Waals surface area (Å²) in [6.07, 6.45) is 0. The highest BCUT2D eigenvalue weighted by Gasteiger charge is 2.09. The van der Waals surface area contributed by atoms with Crippen LogP contribution in [0.2, 0.25) is 5.02 Å². The van der Waals surface area contributed by atoms with Gasteiger partial charge in [-0.1, -0.05) is 11.6 Å². The first-order valence-corrected chi connectivity index (χ1v) is 2.58. The largest absolute Gasteiger partial charge is 0.478 e. The first-order valence-electron chi connectivity index (χ1n) is 2.20. The molecule has 0 fully saturated rings. The Bertz CT molecular complexity index is 210. The predicted molar refractivity (Wildman–Crippen MR) is 32.5 cm³/mol. The summed E-state index contributed by atoms with van der Waals surface area (Å²) < 4.78 is 9.11. The molecule has 4 nitrogen and oxygen atoms in total. The highest BCUT2D eigenvalue weighted by molar-refractivity contribution is 6.33. The van der Waals surface area contributed by atoms with Gasteiger partial charge < -0.3 is 15.0 Å². The fraction of sp³-hybridized carbons (Fsp3) is 0.250. The van der Waals surface area contributed by atoms with Gasteiger partial charge in [-0.2, -0.15) is 0 Å². The Hall–Kier alpha value is -0.900. The zero-order chi connectivity index (χ0) is 6.85. The second-order valence-corrected chi connectivity index (χ2v) is 1.75. The molecule has 0 aromatic carbocycles. The zero-order valence-corrected chi connectivity index (χ0v) is 5.47. The molecule has 0 unspecified atom stereocenters. The molecule has 0 spiro atoms. The normalized spacial score (nSPS) is 9.56. The van der Waals surface area contributed by atoms with Gasteiger partial charge in [-0.15, -0.1) is 0 Å². The molecule has 1 aromatic rings. The molecule has 1 aromatic heterocycles. The molecule has 0 aliphatic heterocycles. The van der Waals surface area contributed by atoms with Crippen molar-refractivity contribution in [3.8, 4) is 5.88 Å². The third kappa shape index (κ3) is 0.929. The van der Waals surface area contributed by atoms with Crippen molar-refractivity contribution in [3.05, 3.63) is 5.02 Å². The van der Waals surface area contributed by atoms with Gasteiger partial charge in [-0.25, -0.2) is 0 Å². The van der Waals surface area contributed by atoms with Crippen LogP contribution in [-0.2, 0) is 0 Å². The number of rotatable bonds is 1. The average molecular weight is 149 g/mol. The van der Waals surface area contributed by atoms with E-state index in [-0.39, 0.29) is 16.8 Å². The van der Waals surface area contributed by atoms with Crippen molar-refractivity contribution in [2.45, 2.75) is 0 Å². The molecule has 0 atom stereocenters. The number of aromatic nitrogens is 1. The number of halogens is 1. The van der Waals surface area contributed by atoms with E-state index in [4.69, 9.17) is 17.3 Å². The second-order valence-electron chi connectivity index (χ2n) is 1.37. The maximum atomic E-state index is 5.50. The van der Waals surface area contributed by atoms with Crippen molar-refractivity contribution >= 4 is 17.5 Å². The summed E-state index contributed by atoms with van der Waals surface area (Å²) in [4.78, 5) is 0. The predicted octanol–water partition coefficient (Wildman–Crippen LogP) is 0.919. The lowest BCUT2D eigenvalue weighted by atomic mass is 10.6. The minimum Gasteiger partial charge on any atom is -0.478 e. The van der Waals surface area contributed by atoms with Crippen LogP contribution in [0.4, 0.5) is 5.88 Å². The Labute approximate surface area is 56.5 Å². The van der Waals surface area contributed by atoms with Gasteiger partial charge in [0.15, 0.2) is 5.02 Å². The number of hydrogen-bond acceptors (Lipinski definition) is 4. The molecule has 0 amide bonds. The van der Waals surface area contributed by atoms with Gasteiger partial charge in [0.25, 0.3) is 5.88 Å². The van der Waals surface area contributed by atoms with Crippen molar-refractivity contribution in [1.29, 1.82) is 0 Å². The summed E-state index contributed by atoms with van der Waals surface area (Å²) in [5, 5.41) is 3.60. The van der Waals surface area contributed by atoms with Crippen LogP contribution in [0.1, 0.15) is 0 Å². The van der Waals surface area contributed by atoms with Crippen molar-refractivity contribution in [1.82, 2.24) is 5.16 Å². The van der Waals surface area contributed by atoms with Gasteiger partial charge in [0.2, 0.25) is 5.88 Å². The van der Waals surface area contributed by atoms with Crippen LogP contribution in [0, 0.1) is 0 Å². The molecule has 0 saturated heterocycles. The number of methoxy groups -OCH3 is 1. The molecule has 0 aliphatic rings. The fourth-order valence-corrected chi connectivity index (χ4v) is 0.549. The summed E-state index contributed by atoms with van der Waals surface area (Å²) in [6.45, 7) is 0. The minimum atomic E-state index is 0.0773. The Kier molecular flexibility index (Phi) is 1.48. The summed E-state index contributed by atoms with van der Waals surface area (Å²) in [6, 6.07) is 0. The fourth-order valence-electron chi connectivity index (χ4n) is 0.403. The maximum absolute atomic E-state index is 5.50. The van der Waals surface area contributed by atoms with E-state index >= 15 is 0 Å². The molecule has 5 heteroatoms. The van der Waals surface area contributed by atoms with Crippen LogP contribution < -0.4 is 10.5 Å². The molecular formula is C4H5ClN2O2. The van der Waals surface area contributed by atoms with Crippen molar-refractivity contribution < 1.29 is 9.26 Å². The molecule has 9 heavy (non-hydrogen) atoms. The molecule has 1 heterocycles. The molecule has 0 bridgehead atoms. The Morgan fingerprint density at radius 3 is 2.67 bits per heavy atom. The molecule has 50 valence electrons. The monoisotopic (exact) mass is 148 g/mol. The quantitative estimate of drug-likeness (QED) is 0.643. The van der Waals surface area contributed by atoms with Gasteiger partial charge in [0, 0.05) is 0 Å². The summed E-state index contributed by atoms with van der Waals surface area (Å²) >= 11 is 5.50. The van der Waals surface area contributed by atoms with Crippen LogP contribution in [0.15, 0.2) is 4.52 Å². The number of nitrogen functional groups attached to an aromatic ring is 1. The zero-order valence-electron chi connectivity index (χ0n) is 4.72. The van der Waals surface area contributed by atoms with E-state index < -0.39 is 0 Å². The number of ether oxygens (including phenoxy) is 1. The highest BCUT2D eigenvalue weighted by Crippen LogP contribution is 2.28. The topological polar surface area (TPSA) is 61.3 Å². The van der Waals surface area contributed by atoms with E-state index in [0.29, 0.717) is 0 Å². The van der Waals surface area contributed by atoms with Gasteiger partial charge in [0.1, 0.15) is 0 Å². The Morgan fingerprint density at radius 2 is 2.44 bits per heavy atom. The van der Waals surface area contributed by atoms with E-state index in [1.807, 2.05) is 0 Å². The van der Waals surface area contributed by atoms with E-state index in [2.05, 4.69) is 14.4 Å². The minimum absolute atomic E-state index is 0.0773. The second kappa shape index (κ2) is 2.14. The number of nitrogens with zero attached hydrogens (tertiary/aromatic N) is 1. The SMILES string of the molecule is COc1noc(N)c1Cl. The van der Waals surface area contributed by atoms with Gasteiger partial charge in [0.05, 0.1) is 7.11 Å². The molecule has 0 saturated carbocycles. The van der Waals surface area contributed by atoms with E-state index in [1.165, 1.54) is 7.11 Å². The summed E-state index contributed by atoms with van der Waals surface area (Å²) in [7, 11) is 1.43. The van der Waals surface area contributed by atoms with Crippen LogP contribution in [0.25, 0.3) is 0 Å². The van der Waals surface area contributed by atoms with Gasteiger partial charge in [-0.05, 0) is 5.16 Å². The summed E-state index contributed by atoms with van der Waals surface area (Å²) in [5.74, 6) is 0.294. The lowest BCUT2D eigenvalue weighted by Gasteiger charge is -1.87. The standard InChI is InChI=1S/C4H5ClN2O2/c1-8-4-2(5)3(6)9-7-4/h6H2,1H3. The van der Waals surface area contributed by atoms with Gasteiger partial charge in [-0.3, -0.25) is 0 Å². The van der Waals surface area contributed by atoms with Crippen molar-refractivity contribution in [2.75, 3.05) is 12.8 Å². The average Bonchev–Trinajstić information content (AvgIpc) is 2.15. The molecule has 2 N–H and O–H groups in total. The van der Waals surface area contributed by atoms with Crippen molar-refractivity contribution in [2.24, 2.45) is 0 Å². The number of nitrogens with two attached hydrogens (primary N) is 1. The lowest BCUT2D eigenvalue weighted by Crippen LogP contribution is -1.82. The highest BCUT2D eigenvalue weighted by atomic mass is 35.5. The van der Waals surface area contributed by atoms with Gasteiger partial charge >= 0.3 is 0 Å². The molecule has 0 aliphatic carbocycles. The van der Waals surface area contributed by atoms with E-state index in [1.54, 1.807) is 0 Å². The first kappa shape index (κ1) is 6.22. The molecule has 1 rings (SSSR count). The Morgan fingerprint density at radius 1 is 1.78 bits per heavy atom. The van der Waals surface area contributed by atoms with E-state index in [9.17, 15) is 0 Å². The van der Waals surface area contributed by atoms with Crippen LogP contribution in [0.3, 0.4) is 0 Å². The smallest absolute Gasteiger partial charge is 0.275 e. The number of hydrogen-bond donors (Lipinski definition) is 1.